The molecular weight excluding hydrogens is 420 g/mol. The maximum absolute atomic E-state index is 12.6. The third-order valence-electron chi connectivity index (χ3n) is 3.59. The number of amides is 1. The van der Waals surface area contributed by atoms with Crippen LogP contribution in [0.15, 0.2) is 52.4 Å². The maximum Gasteiger partial charge on any atom is 0.308 e. The number of aliphatic carboxylic acids is 1. The number of phenols is 1. The summed E-state index contributed by atoms with van der Waals surface area (Å²) in [6, 6.07) is 11.6. The fourth-order valence-electron chi connectivity index (χ4n) is 2.43. The molecule has 1 aromatic heterocycles. The van der Waals surface area contributed by atoms with Crippen molar-refractivity contribution in [3.8, 4) is 17.0 Å². The normalized spacial score (nSPS) is 10.5. The zero-order valence-corrected chi connectivity index (χ0v) is 15.7. The van der Waals surface area contributed by atoms with Crippen molar-refractivity contribution in [2.24, 2.45) is 0 Å². The largest absolute Gasteiger partial charge is 0.507 e. The standard InChI is InChI=1S/C18H13BrN2O4S/c19-10-5-6-14(22)12(7-10)18(25)21-13-4-2-1-3-11(13)17-15(8-16(23)24)26-9-20-17/h1-7,9,22H,8H2,(H,21,25)(H,23,24). The molecule has 6 nitrogen and oxygen atoms in total. The predicted molar refractivity (Wildman–Crippen MR) is 103 cm³/mol. The Bertz CT molecular complexity index is 987. The van der Waals surface area contributed by atoms with Crippen LogP contribution in [0.5, 0.6) is 5.75 Å². The monoisotopic (exact) mass is 432 g/mol. The van der Waals surface area contributed by atoms with Crippen LogP contribution >= 0.6 is 27.3 Å². The molecule has 0 unspecified atom stereocenters. The van der Waals surface area contributed by atoms with Gasteiger partial charge >= 0.3 is 5.97 Å². The lowest BCUT2D eigenvalue weighted by Crippen LogP contribution is -2.13. The van der Waals surface area contributed by atoms with E-state index < -0.39 is 11.9 Å². The lowest BCUT2D eigenvalue weighted by atomic mass is 10.1. The van der Waals surface area contributed by atoms with Crippen molar-refractivity contribution in [3.63, 3.8) is 0 Å². The number of halogens is 1. The number of anilines is 1. The molecule has 1 amide bonds. The third kappa shape index (κ3) is 3.92. The highest BCUT2D eigenvalue weighted by atomic mass is 79.9. The fourth-order valence-corrected chi connectivity index (χ4v) is 3.56. The van der Waals surface area contributed by atoms with Crippen molar-refractivity contribution in [3.05, 3.63) is 62.9 Å². The molecule has 8 heteroatoms. The van der Waals surface area contributed by atoms with E-state index in [4.69, 9.17) is 5.11 Å². The van der Waals surface area contributed by atoms with Crippen molar-refractivity contribution < 1.29 is 19.8 Å². The number of nitrogens with zero attached hydrogens (tertiary/aromatic N) is 1. The molecule has 0 aliphatic rings. The Kier molecular flexibility index (Phi) is 5.34. The topological polar surface area (TPSA) is 99.5 Å². The molecule has 1 heterocycles. The average Bonchev–Trinajstić information content (AvgIpc) is 3.04. The van der Waals surface area contributed by atoms with Crippen LogP contribution in [0.1, 0.15) is 15.2 Å². The molecule has 26 heavy (non-hydrogen) atoms. The molecule has 3 aromatic rings. The zero-order valence-electron chi connectivity index (χ0n) is 13.3. The average molecular weight is 433 g/mol. The number of carboxylic acids is 1. The van der Waals surface area contributed by atoms with Crippen molar-refractivity contribution in [2.45, 2.75) is 6.42 Å². The van der Waals surface area contributed by atoms with E-state index in [1.807, 2.05) is 0 Å². The number of carbonyl (C=O) groups is 2. The molecule has 0 atom stereocenters. The molecule has 132 valence electrons. The Morgan fingerprint density at radius 2 is 1.96 bits per heavy atom. The Balaban J connectivity index is 1.96. The number of carbonyl (C=O) groups excluding carboxylic acids is 1. The minimum absolute atomic E-state index is 0.123. The highest BCUT2D eigenvalue weighted by molar-refractivity contribution is 9.10. The van der Waals surface area contributed by atoms with Crippen LogP contribution < -0.4 is 5.32 Å². The molecular formula is C18H13BrN2O4S. The number of aromatic nitrogens is 1. The van der Waals surface area contributed by atoms with Gasteiger partial charge in [0.2, 0.25) is 0 Å². The number of aromatic hydroxyl groups is 1. The first-order valence-electron chi connectivity index (χ1n) is 7.49. The first kappa shape index (κ1) is 18.1. The lowest BCUT2D eigenvalue weighted by molar-refractivity contribution is -0.136. The van der Waals surface area contributed by atoms with Gasteiger partial charge in [-0.05, 0) is 24.3 Å². The Morgan fingerprint density at radius 1 is 1.19 bits per heavy atom. The van der Waals surface area contributed by atoms with Crippen molar-refractivity contribution in [2.75, 3.05) is 5.32 Å². The van der Waals surface area contributed by atoms with Gasteiger partial charge in [0.05, 0.1) is 28.9 Å². The fraction of sp³-hybridized carbons (Fsp3) is 0.0556. The number of hydrogen-bond donors (Lipinski definition) is 3. The summed E-state index contributed by atoms with van der Waals surface area (Å²) in [5.74, 6) is -1.56. The summed E-state index contributed by atoms with van der Waals surface area (Å²) in [6.45, 7) is 0. The Morgan fingerprint density at radius 3 is 2.73 bits per heavy atom. The molecule has 0 fully saturated rings. The van der Waals surface area contributed by atoms with Crippen LogP contribution in [0.2, 0.25) is 0 Å². The van der Waals surface area contributed by atoms with Crippen LogP contribution in [-0.2, 0) is 11.2 Å². The smallest absolute Gasteiger partial charge is 0.308 e. The van der Waals surface area contributed by atoms with Gasteiger partial charge in [-0.1, -0.05) is 34.1 Å². The number of thiazole rings is 1. The second kappa shape index (κ2) is 7.67. The van der Waals surface area contributed by atoms with Crippen molar-refractivity contribution >= 4 is 44.8 Å². The van der Waals surface area contributed by atoms with E-state index in [0.29, 0.717) is 26.3 Å². The number of hydrogen-bond acceptors (Lipinski definition) is 5. The summed E-state index contributed by atoms with van der Waals surface area (Å²) in [5, 5.41) is 21.7. The van der Waals surface area contributed by atoms with Crippen LogP contribution in [0, 0.1) is 0 Å². The van der Waals surface area contributed by atoms with Crippen LogP contribution in [-0.4, -0.2) is 27.1 Å². The minimum Gasteiger partial charge on any atom is -0.507 e. The van der Waals surface area contributed by atoms with Gasteiger partial charge in [-0.3, -0.25) is 9.59 Å². The predicted octanol–water partition coefficient (Wildman–Crippen LogP) is 4.16. The van der Waals surface area contributed by atoms with Gasteiger partial charge in [0.15, 0.2) is 0 Å². The zero-order chi connectivity index (χ0) is 18.7. The number of para-hydroxylation sites is 1. The number of benzene rings is 2. The van der Waals surface area contributed by atoms with Gasteiger partial charge in [-0.15, -0.1) is 11.3 Å². The van der Waals surface area contributed by atoms with Crippen molar-refractivity contribution in [1.29, 1.82) is 0 Å². The van der Waals surface area contributed by atoms with Crippen LogP contribution in [0.3, 0.4) is 0 Å². The Hall–Kier alpha value is -2.71. The van der Waals surface area contributed by atoms with E-state index in [1.165, 1.54) is 23.5 Å². The Labute approximate surface area is 161 Å². The number of carboxylic acid groups (broad SMARTS) is 1. The summed E-state index contributed by atoms with van der Waals surface area (Å²) in [7, 11) is 0. The lowest BCUT2D eigenvalue weighted by Gasteiger charge is -2.12. The van der Waals surface area contributed by atoms with E-state index in [1.54, 1.807) is 35.8 Å². The number of rotatable bonds is 5. The van der Waals surface area contributed by atoms with Crippen molar-refractivity contribution in [1.82, 2.24) is 4.98 Å². The molecule has 0 saturated heterocycles. The van der Waals surface area contributed by atoms with E-state index >= 15 is 0 Å². The molecule has 0 bridgehead atoms. The molecule has 3 rings (SSSR count). The molecule has 2 aromatic carbocycles. The highest BCUT2D eigenvalue weighted by Crippen LogP contribution is 2.32. The maximum atomic E-state index is 12.6. The summed E-state index contributed by atoms with van der Waals surface area (Å²) in [5.41, 5.74) is 3.32. The molecule has 0 radical (unpaired) electrons. The quantitative estimate of drug-likeness (QED) is 0.561. The SMILES string of the molecule is O=C(O)Cc1scnc1-c1ccccc1NC(=O)c1cc(Br)ccc1O. The van der Waals surface area contributed by atoms with E-state index in [9.17, 15) is 14.7 Å². The van der Waals surface area contributed by atoms with Gasteiger partial charge in [0.1, 0.15) is 5.75 Å². The van der Waals surface area contributed by atoms with E-state index in [-0.39, 0.29) is 17.7 Å². The molecule has 0 aliphatic carbocycles. The summed E-state index contributed by atoms with van der Waals surface area (Å²) < 4.78 is 0.664. The highest BCUT2D eigenvalue weighted by Gasteiger charge is 2.18. The first-order valence-corrected chi connectivity index (χ1v) is 9.16. The van der Waals surface area contributed by atoms with Gasteiger partial charge in [0, 0.05) is 14.9 Å². The summed E-state index contributed by atoms with van der Waals surface area (Å²) in [4.78, 5) is 28.5. The molecule has 3 N–H and O–H groups in total. The third-order valence-corrected chi connectivity index (χ3v) is 4.91. The van der Waals surface area contributed by atoms with Gasteiger partial charge in [0.25, 0.3) is 5.91 Å². The molecule has 0 aliphatic heterocycles. The summed E-state index contributed by atoms with van der Waals surface area (Å²) in [6.07, 6.45) is -0.144. The second-order valence-corrected chi connectivity index (χ2v) is 7.21. The van der Waals surface area contributed by atoms with E-state index in [2.05, 4.69) is 26.2 Å². The first-order chi connectivity index (χ1) is 12.5. The van der Waals surface area contributed by atoms with E-state index in [0.717, 1.165) is 0 Å². The summed E-state index contributed by atoms with van der Waals surface area (Å²) >= 11 is 4.52. The van der Waals surface area contributed by atoms with Gasteiger partial charge < -0.3 is 15.5 Å². The minimum atomic E-state index is -0.948. The van der Waals surface area contributed by atoms with Gasteiger partial charge in [-0.2, -0.15) is 0 Å². The van der Waals surface area contributed by atoms with Crippen LogP contribution in [0.4, 0.5) is 5.69 Å². The van der Waals surface area contributed by atoms with Gasteiger partial charge in [-0.25, -0.2) is 4.98 Å². The molecule has 0 saturated carbocycles. The second-order valence-electron chi connectivity index (χ2n) is 5.36. The van der Waals surface area contributed by atoms with Crippen LogP contribution in [0.25, 0.3) is 11.3 Å². The molecule has 0 spiro atoms. The number of nitrogens with one attached hydrogen (secondary N) is 1. The number of phenolic OH excluding ortho intramolecular Hbond substituents is 1.